The Morgan fingerprint density at radius 3 is 2.65 bits per heavy atom. The van der Waals surface area contributed by atoms with Gasteiger partial charge in [-0.05, 0) is 45.1 Å². The predicted octanol–water partition coefficient (Wildman–Crippen LogP) is 1.51. The summed E-state index contributed by atoms with van der Waals surface area (Å²) in [5.41, 5.74) is 4.89. The van der Waals surface area contributed by atoms with Crippen molar-refractivity contribution < 1.29 is 14.7 Å². The molecule has 0 aliphatic heterocycles. The molecule has 0 aromatic carbocycles. The highest BCUT2D eigenvalue weighted by atomic mass is 16.4. The van der Waals surface area contributed by atoms with Crippen LogP contribution in [0.5, 0.6) is 0 Å². The minimum Gasteiger partial charge on any atom is -0.481 e. The highest BCUT2D eigenvalue weighted by Gasteiger charge is 2.45. The summed E-state index contributed by atoms with van der Waals surface area (Å²) in [6.07, 6.45) is 6.23. The molecule has 0 spiro atoms. The molecule has 4 unspecified atom stereocenters. The van der Waals surface area contributed by atoms with Gasteiger partial charge in [-0.25, -0.2) is 0 Å². The number of amides is 1. The van der Waals surface area contributed by atoms with Crippen LogP contribution < -0.4 is 11.1 Å². The molecule has 4 atom stereocenters. The Bertz CT molecular complexity index is 385. The number of nitrogens with one attached hydrogen (secondary N) is 1. The van der Waals surface area contributed by atoms with Crippen LogP contribution in [0.1, 0.15) is 51.9 Å². The van der Waals surface area contributed by atoms with Crippen LogP contribution in [0.15, 0.2) is 0 Å². The van der Waals surface area contributed by atoms with Crippen molar-refractivity contribution in [2.24, 2.45) is 23.0 Å². The minimum atomic E-state index is -0.829. The molecule has 20 heavy (non-hydrogen) atoms. The van der Waals surface area contributed by atoms with Gasteiger partial charge >= 0.3 is 5.97 Å². The number of carboxylic acids is 1. The fraction of sp³-hybridized carbons (Fsp3) is 0.867. The average molecular weight is 282 g/mol. The number of carboxylic acid groups (broad SMARTS) is 1. The normalized spacial score (nSPS) is 37.6. The Hall–Kier alpha value is -1.10. The molecule has 0 radical (unpaired) electrons. The largest absolute Gasteiger partial charge is 0.481 e. The molecule has 2 rings (SSSR count). The molecule has 5 nitrogen and oxygen atoms in total. The van der Waals surface area contributed by atoms with E-state index in [0.29, 0.717) is 13.0 Å². The van der Waals surface area contributed by atoms with Crippen molar-refractivity contribution in [3.8, 4) is 0 Å². The van der Waals surface area contributed by atoms with Gasteiger partial charge in [0.25, 0.3) is 0 Å². The Kier molecular flexibility index (Phi) is 4.68. The zero-order valence-corrected chi connectivity index (χ0v) is 12.2. The van der Waals surface area contributed by atoms with Crippen molar-refractivity contribution in [2.75, 3.05) is 6.54 Å². The van der Waals surface area contributed by atoms with Crippen LogP contribution in [-0.4, -0.2) is 29.6 Å². The molecule has 0 heterocycles. The third kappa shape index (κ3) is 2.82. The first kappa shape index (κ1) is 15.3. The van der Waals surface area contributed by atoms with Crippen molar-refractivity contribution in [3.05, 3.63) is 0 Å². The summed E-state index contributed by atoms with van der Waals surface area (Å²) in [7, 11) is 0. The Morgan fingerprint density at radius 1 is 1.25 bits per heavy atom. The first-order chi connectivity index (χ1) is 9.49. The van der Waals surface area contributed by atoms with Gasteiger partial charge in [0.05, 0.1) is 5.41 Å². The number of hydrogen-bond acceptors (Lipinski definition) is 3. The van der Waals surface area contributed by atoms with E-state index in [2.05, 4.69) is 5.32 Å². The fourth-order valence-corrected chi connectivity index (χ4v) is 3.76. The maximum absolute atomic E-state index is 12.4. The molecule has 2 aliphatic rings. The second-order valence-electron chi connectivity index (χ2n) is 6.56. The second-order valence-corrected chi connectivity index (χ2v) is 6.56. The second kappa shape index (κ2) is 6.12. The third-order valence-corrected chi connectivity index (χ3v) is 5.31. The fourth-order valence-electron chi connectivity index (χ4n) is 3.76. The van der Waals surface area contributed by atoms with E-state index in [-0.39, 0.29) is 23.8 Å². The van der Waals surface area contributed by atoms with E-state index in [4.69, 9.17) is 5.73 Å². The van der Waals surface area contributed by atoms with E-state index >= 15 is 0 Å². The van der Waals surface area contributed by atoms with Crippen molar-refractivity contribution in [1.82, 2.24) is 5.32 Å². The number of nitrogens with two attached hydrogens (primary N) is 1. The monoisotopic (exact) mass is 282 g/mol. The smallest absolute Gasteiger partial charge is 0.311 e. The molecular weight excluding hydrogens is 256 g/mol. The average Bonchev–Trinajstić information content (AvgIpc) is 2.89. The summed E-state index contributed by atoms with van der Waals surface area (Å²) in [6.45, 7) is 2.30. The van der Waals surface area contributed by atoms with Crippen molar-refractivity contribution in [2.45, 2.75) is 57.9 Å². The summed E-state index contributed by atoms with van der Waals surface area (Å²) in [6, 6.07) is -0.250. The Morgan fingerprint density at radius 2 is 2.00 bits per heavy atom. The standard InChI is InChI=1S/C15H26N2O3/c1-15(14(19)20)8-3-2-7-12(15)17-13(18)11-6-4-5-10(11)9-16/h10-12H,2-9,16H2,1H3,(H,17,18)(H,19,20). The summed E-state index contributed by atoms with van der Waals surface area (Å²) >= 11 is 0. The van der Waals surface area contributed by atoms with Gasteiger partial charge < -0.3 is 16.2 Å². The quantitative estimate of drug-likeness (QED) is 0.728. The van der Waals surface area contributed by atoms with Crippen LogP contribution in [0.4, 0.5) is 0 Å². The number of aliphatic carboxylic acids is 1. The van der Waals surface area contributed by atoms with Gasteiger partial charge in [-0.1, -0.05) is 19.3 Å². The maximum atomic E-state index is 12.4. The summed E-state index contributed by atoms with van der Waals surface area (Å²) in [5, 5.41) is 12.5. The topological polar surface area (TPSA) is 92.4 Å². The first-order valence-electron chi connectivity index (χ1n) is 7.73. The highest BCUT2D eigenvalue weighted by molar-refractivity contribution is 5.82. The lowest BCUT2D eigenvalue weighted by atomic mass is 9.71. The first-order valence-corrected chi connectivity index (χ1v) is 7.73. The molecular formula is C15H26N2O3. The molecule has 0 aromatic heterocycles. The molecule has 2 saturated carbocycles. The van der Waals surface area contributed by atoms with E-state index in [1.54, 1.807) is 6.92 Å². The highest BCUT2D eigenvalue weighted by Crippen LogP contribution is 2.37. The zero-order valence-electron chi connectivity index (χ0n) is 12.2. The lowest BCUT2D eigenvalue weighted by Gasteiger charge is -2.39. The SMILES string of the molecule is CC1(C(=O)O)CCCCC1NC(=O)C1CCCC1CN. The van der Waals surface area contributed by atoms with Crippen molar-refractivity contribution in [1.29, 1.82) is 0 Å². The van der Waals surface area contributed by atoms with Crippen LogP contribution in [0, 0.1) is 17.3 Å². The van der Waals surface area contributed by atoms with Crippen LogP contribution in [0.25, 0.3) is 0 Å². The van der Waals surface area contributed by atoms with E-state index in [0.717, 1.165) is 38.5 Å². The molecule has 1 amide bonds. The number of rotatable bonds is 4. The van der Waals surface area contributed by atoms with Crippen LogP contribution in [-0.2, 0) is 9.59 Å². The third-order valence-electron chi connectivity index (χ3n) is 5.31. The van der Waals surface area contributed by atoms with Gasteiger partial charge in [0.2, 0.25) is 5.91 Å². The van der Waals surface area contributed by atoms with E-state index in [1.807, 2.05) is 0 Å². The van der Waals surface area contributed by atoms with Crippen LogP contribution >= 0.6 is 0 Å². The Balaban J connectivity index is 2.03. The maximum Gasteiger partial charge on any atom is 0.311 e. The lowest BCUT2D eigenvalue weighted by molar-refractivity contribution is -0.152. The molecule has 4 N–H and O–H groups in total. The number of carbonyl (C=O) groups is 2. The molecule has 2 fully saturated rings. The summed E-state index contributed by atoms with van der Waals surface area (Å²) in [4.78, 5) is 24.0. The van der Waals surface area contributed by atoms with Crippen molar-refractivity contribution >= 4 is 11.9 Å². The van der Waals surface area contributed by atoms with Gasteiger partial charge in [0.1, 0.15) is 0 Å². The van der Waals surface area contributed by atoms with Gasteiger partial charge in [-0.3, -0.25) is 9.59 Å². The van der Waals surface area contributed by atoms with Gasteiger partial charge in [-0.15, -0.1) is 0 Å². The number of carbonyl (C=O) groups excluding carboxylic acids is 1. The van der Waals surface area contributed by atoms with E-state index < -0.39 is 11.4 Å². The molecule has 114 valence electrons. The molecule has 0 saturated heterocycles. The van der Waals surface area contributed by atoms with E-state index in [1.165, 1.54) is 0 Å². The number of hydrogen-bond donors (Lipinski definition) is 3. The lowest BCUT2D eigenvalue weighted by Crippen LogP contribution is -2.53. The summed E-state index contributed by atoms with van der Waals surface area (Å²) in [5.74, 6) is -0.559. The molecule has 0 aromatic rings. The van der Waals surface area contributed by atoms with Crippen LogP contribution in [0.3, 0.4) is 0 Å². The predicted molar refractivity (Wildman–Crippen MR) is 76.0 cm³/mol. The van der Waals surface area contributed by atoms with Crippen molar-refractivity contribution in [3.63, 3.8) is 0 Å². The molecule has 5 heteroatoms. The minimum absolute atomic E-state index is 0.0114. The van der Waals surface area contributed by atoms with Gasteiger partial charge in [0.15, 0.2) is 0 Å². The van der Waals surface area contributed by atoms with Crippen LogP contribution in [0.2, 0.25) is 0 Å². The van der Waals surface area contributed by atoms with E-state index in [9.17, 15) is 14.7 Å². The van der Waals surface area contributed by atoms with Gasteiger partial charge in [-0.2, -0.15) is 0 Å². The zero-order chi connectivity index (χ0) is 14.8. The molecule has 2 aliphatic carbocycles. The summed E-state index contributed by atoms with van der Waals surface area (Å²) < 4.78 is 0. The van der Waals surface area contributed by atoms with Gasteiger partial charge in [0, 0.05) is 12.0 Å². The Labute approximate surface area is 120 Å². The molecule has 0 bridgehead atoms.